The van der Waals surface area contributed by atoms with Crippen LogP contribution in [0.2, 0.25) is 0 Å². The van der Waals surface area contributed by atoms with Crippen molar-refractivity contribution in [3.63, 3.8) is 0 Å². The first-order valence-corrected chi connectivity index (χ1v) is 7.96. The van der Waals surface area contributed by atoms with E-state index < -0.39 is 5.97 Å². The van der Waals surface area contributed by atoms with E-state index in [1.165, 1.54) is 0 Å². The van der Waals surface area contributed by atoms with Crippen molar-refractivity contribution in [2.24, 2.45) is 5.92 Å². The molecule has 1 amide bonds. The number of carbonyl (C=O) groups excluding carboxylic acids is 1. The second kappa shape index (κ2) is 5.76. The van der Waals surface area contributed by atoms with Crippen LogP contribution in [0.5, 0.6) is 0 Å². The standard InChI is InChI=1S/C16H16BrNO4/c1-8-4-10-7-13(22-14(10)12(17)5-8)15(19)18-11-3-2-9(6-11)16(20)21/h4-5,7,9,11H,2-3,6H2,1H3,(H,18,19)(H,20,21)/t9-,11+/m0/s1. The van der Waals surface area contributed by atoms with Gasteiger partial charge < -0.3 is 14.8 Å². The average Bonchev–Trinajstić information content (AvgIpc) is 3.05. The minimum absolute atomic E-state index is 0.105. The summed E-state index contributed by atoms with van der Waals surface area (Å²) in [6.45, 7) is 1.97. The van der Waals surface area contributed by atoms with Gasteiger partial charge in [0.25, 0.3) is 5.91 Å². The van der Waals surface area contributed by atoms with Crippen LogP contribution in [0.4, 0.5) is 0 Å². The molecule has 1 aliphatic rings. The SMILES string of the molecule is Cc1cc(Br)c2oc(C(=O)N[C@@H]3CC[C@H](C(=O)O)C3)cc2c1. The number of aryl methyl sites for hydroxylation is 1. The van der Waals surface area contributed by atoms with E-state index >= 15 is 0 Å². The van der Waals surface area contributed by atoms with Crippen LogP contribution in [0.1, 0.15) is 35.4 Å². The Balaban J connectivity index is 1.76. The average molecular weight is 366 g/mol. The van der Waals surface area contributed by atoms with E-state index in [4.69, 9.17) is 9.52 Å². The number of halogens is 1. The summed E-state index contributed by atoms with van der Waals surface area (Å²) in [4.78, 5) is 23.2. The fraction of sp³-hybridized carbons (Fsp3) is 0.375. The maximum Gasteiger partial charge on any atom is 0.306 e. The normalized spacial score (nSPS) is 21.2. The number of nitrogens with one attached hydrogen (secondary N) is 1. The molecule has 1 heterocycles. The first-order chi connectivity index (χ1) is 10.4. The van der Waals surface area contributed by atoms with Gasteiger partial charge in [-0.2, -0.15) is 0 Å². The molecule has 5 nitrogen and oxygen atoms in total. The van der Waals surface area contributed by atoms with Crippen molar-refractivity contribution in [2.45, 2.75) is 32.2 Å². The largest absolute Gasteiger partial charge is 0.481 e. The molecule has 1 saturated carbocycles. The third-order valence-electron chi connectivity index (χ3n) is 4.06. The zero-order chi connectivity index (χ0) is 15.9. The number of hydrogen-bond donors (Lipinski definition) is 2. The Kier molecular flexibility index (Phi) is 3.95. The van der Waals surface area contributed by atoms with Crippen molar-refractivity contribution in [1.29, 1.82) is 0 Å². The van der Waals surface area contributed by atoms with Crippen molar-refractivity contribution >= 4 is 38.8 Å². The Bertz CT molecular complexity index is 752. The predicted octanol–water partition coefficient (Wildman–Crippen LogP) is 3.49. The molecule has 2 atom stereocenters. The molecule has 1 aromatic carbocycles. The van der Waals surface area contributed by atoms with E-state index in [2.05, 4.69) is 21.2 Å². The number of benzene rings is 1. The Hall–Kier alpha value is -1.82. The van der Waals surface area contributed by atoms with Crippen LogP contribution in [0.15, 0.2) is 27.1 Å². The van der Waals surface area contributed by atoms with Crippen LogP contribution in [-0.2, 0) is 4.79 Å². The van der Waals surface area contributed by atoms with Gasteiger partial charge in [0.2, 0.25) is 0 Å². The highest BCUT2D eigenvalue weighted by atomic mass is 79.9. The van der Waals surface area contributed by atoms with E-state index in [0.717, 1.165) is 15.4 Å². The molecule has 1 aliphatic carbocycles. The third kappa shape index (κ3) is 2.88. The second-order valence-corrected chi connectivity index (χ2v) is 6.65. The topological polar surface area (TPSA) is 79.5 Å². The Morgan fingerprint density at radius 3 is 2.77 bits per heavy atom. The molecular formula is C16H16BrNO4. The zero-order valence-electron chi connectivity index (χ0n) is 12.1. The summed E-state index contributed by atoms with van der Waals surface area (Å²) >= 11 is 3.43. The molecule has 0 aliphatic heterocycles. The van der Waals surface area contributed by atoms with Crippen LogP contribution in [0.3, 0.4) is 0 Å². The molecule has 2 aromatic rings. The Morgan fingerprint density at radius 1 is 1.32 bits per heavy atom. The van der Waals surface area contributed by atoms with Gasteiger partial charge in [0, 0.05) is 11.4 Å². The van der Waals surface area contributed by atoms with Crippen LogP contribution >= 0.6 is 15.9 Å². The summed E-state index contributed by atoms with van der Waals surface area (Å²) < 4.78 is 6.44. The molecule has 0 saturated heterocycles. The summed E-state index contributed by atoms with van der Waals surface area (Å²) in [5, 5.41) is 12.7. The van der Waals surface area contributed by atoms with Gasteiger partial charge in [-0.25, -0.2) is 0 Å². The highest BCUT2D eigenvalue weighted by Gasteiger charge is 2.31. The molecule has 2 N–H and O–H groups in total. The number of furan rings is 1. The number of hydrogen-bond acceptors (Lipinski definition) is 3. The molecule has 1 aromatic heterocycles. The summed E-state index contributed by atoms with van der Waals surface area (Å²) in [6.07, 6.45) is 1.76. The van der Waals surface area contributed by atoms with Gasteiger partial charge in [-0.15, -0.1) is 0 Å². The fourth-order valence-electron chi connectivity index (χ4n) is 2.96. The molecule has 0 spiro atoms. The van der Waals surface area contributed by atoms with Crippen LogP contribution in [0.25, 0.3) is 11.0 Å². The van der Waals surface area contributed by atoms with Gasteiger partial charge in [-0.05, 0) is 65.9 Å². The van der Waals surface area contributed by atoms with Gasteiger partial charge in [-0.1, -0.05) is 0 Å². The first kappa shape index (κ1) is 15.1. The third-order valence-corrected chi connectivity index (χ3v) is 4.65. The van der Waals surface area contributed by atoms with Crippen molar-refractivity contribution in [3.05, 3.63) is 34.0 Å². The lowest BCUT2D eigenvalue weighted by Gasteiger charge is -2.10. The molecule has 0 bridgehead atoms. The number of aliphatic carboxylic acids is 1. The number of carbonyl (C=O) groups is 2. The van der Waals surface area contributed by atoms with Crippen LogP contribution < -0.4 is 5.32 Å². The highest BCUT2D eigenvalue weighted by molar-refractivity contribution is 9.10. The van der Waals surface area contributed by atoms with Crippen molar-refractivity contribution in [3.8, 4) is 0 Å². The molecule has 0 unspecified atom stereocenters. The van der Waals surface area contributed by atoms with Crippen LogP contribution in [-0.4, -0.2) is 23.0 Å². The summed E-state index contributed by atoms with van der Waals surface area (Å²) in [5.41, 5.74) is 1.72. The molecular weight excluding hydrogens is 350 g/mol. The number of amides is 1. The number of carboxylic acid groups (broad SMARTS) is 1. The lowest BCUT2D eigenvalue weighted by atomic mass is 10.1. The Labute approximate surface area is 135 Å². The molecule has 22 heavy (non-hydrogen) atoms. The van der Waals surface area contributed by atoms with Gasteiger partial charge in [-0.3, -0.25) is 9.59 Å². The van der Waals surface area contributed by atoms with E-state index in [9.17, 15) is 9.59 Å². The maximum atomic E-state index is 12.3. The first-order valence-electron chi connectivity index (χ1n) is 7.17. The van der Waals surface area contributed by atoms with E-state index in [1.807, 2.05) is 19.1 Å². The van der Waals surface area contributed by atoms with E-state index in [0.29, 0.717) is 24.8 Å². The predicted molar refractivity (Wildman–Crippen MR) is 84.9 cm³/mol. The molecule has 116 valence electrons. The lowest BCUT2D eigenvalue weighted by Crippen LogP contribution is -2.33. The fourth-order valence-corrected chi connectivity index (χ4v) is 3.63. The molecule has 0 radical (unpaired) electrons. The number of rotatable bonds is 3. The number of fused-ring (bicyclic) bond motifs is 1. The van der Waals surface area contributed by atoms with E-state index in [1.54, 1.807) is 6.07 Å². The van der Waals surface area contributed by atoms with Gasteiger partial charge in [0.05, 0.1) is 10.4 Å². The summed E-state index contributed by atoms with van der Waals surface area (Å²) in [6, 6.07) is 5.50. The Morgan fingerprint density at radius 2 is 2.09 bits per heavy atom. The van der Waals surface area contributed by atoms with Crippen LogP contribution in [0, 0.1) is 12.8 Å². The molecule has 3 rings (SSSR count). The number of carboxylic acids is 1. The highest BCUT2D eigenvalue weighted by Crippen LogP contribution is 2.30. The smallest absolute Gasteiger partial charge is 0.306 e. The monoisotopic (exact) mass is 365 g/mol. The van der Waals surface area contributed by atoms with Gasteiger partial charge in [0.1, 0.15) is 5.58 Å². The van der Waals surface area contributed by atoms with Crippen molar-refractivity contribution in [1.82, 2.24) is 5.32 Å². The van der Waals surface area contributed by atoms with Crippen molar-refractivity contribution in [2.75, 3.05) is 0 Å². The van der Waals surface area contributed by atoms with Crippen molar-refractivity contribution < 1.29 is 19.1 Å². The minimum atomic E-state index is -0.792. The van der Waals surface area contributed by atoms with Gasteiger partial charge in [0.15, 0.2) is 5.76 Å². The minimum Gasteiger partial charge on any atom is -0.481 e. The van der Waals surface area contributed by atoms with E-state index in [-0.39, 0.29) is 23.6 Å². The summed E-state index contributed by atoms with van der Waals surface area (Å²) in [5.74, 6) is -1.20. The second-order valence-electron chi connectivity index (χ2n) is 5.79. The maximum absolute atomic E-state index is 12.3. The van der Waals surface area contributed by atoms with Gasteiger partial charge >= 0.3 is 5.97 Å². The summed E-state index contributed by atoms with van der Waals surface area (Å²) in [7, 11) is 0. The molecule has 1 fully saturated rings. The molecule has 6 heteroatoms. The lowest BCUT2D eigenvalue weighted by molar-refractivity contribution is -0.141. The quantitative estimate of drug-likeness (QED) is 0.872. The zero-order valence-corrected chi connectivity index (χ0v) is 13.6.